The van der Waals surface area contributed by atoms with Gasteiger partial charge in [-0.2, -0.15) is 5.26 Å². The molecule has 1 atom stereocenters. The first-order chi connectivity index (χ1) is 9.37. The van der Waals surface area contributed by atoms with Crippen LogP contribution in [-0.4, -0.2) is 17.1 Å². The molecule has 6 nitrogen and oxygen atoms in total. The zero-order chi connectivity index (χ0) is 15.2. The van der Waals surface area contributed by atoms with E-state index in [2.05, 4.69) is 0 Å². The zero-order valence-corrected chi connectivity index (χ0v) is 11.9. The standard InChI is InChI=1S/C13H16ClN3O3/c1-13(16,9-15)7-2-3-8-20-12-10(14)5-4-6-11(12)17(18)19/h4-6H,2-3,7-8,16H2,1H3. The molecule has 0 fully saturated rings. The van der Waals surface area contributed by atoms with Gasteiger partial charge in [-0.25, -0.2) is 0 Å². The summed E-state index contributed by atoms with van der Waals surface area (Å²) in [7, 11) is 0. The molecule has 1 aromatic rings. The summed E-state index contributed by atoms with van der Waals surface area (Å²) in [5.74, 6) is 0.0787. The molecule has 0 saturated carbocycles. The minimum absolute atomic E-state index is 0.0787. The lowest BCUT2D eigenvalue weighted by Gasteiger charge is -2.14. The Morgan fingerprint density at radius 1 is 1.55 bits per heavy atom. The summed E-state index contributed by atoms with van der Waals surface area (Å²) in [5, 5.41) is 19.8. The van der Waals surface area contributed by atoms with Gasteiger partial charge in [-0.15, -0.1) is 0 Å². The Kier molecular flexibility index (Phi) is 5.74. The first-order valence-electron chi connectivity index (χ1n) is 6.13. The van der Waals surface area contributed by atoms with Crippen LogP contribution in [0.25, 0.3) is 0 Å². The molecule has 0 radical (unpaired) electrons. The van der Waals surface area contributed by atoms with Gasteiger partial charge < -0.3 is 10.5 Å². The number of nitro groups is 1. The molecule has 2 N–H and O–H groups in total. The van der Waals surface area contributed by atoms with Crippen LogP contribution in [0.5, 0.6) is 5.75 Å². The van der Waals surface area contributed by atoms with Crippen LogP contribution in [0.15, 0.2) is 18.2 Å². The van der Waals surface area contributed by atoms with Crippen LogP contribution < -0.4 is 10.5 Å². The van der Waals surface area contributed by atoms with Gasteiger partial charge in [-0.1, -0.05) is 17.7 Å². The summed E-state index contributed by atoms with van der Waals surface area (Å²) in [6.45, 7) is 1.94. The van der Waals surface area contributed by atoms with Crippen molar-refractivity contribution >= 4 is 17.3 Å². The first kappa shape index (κ1) is 16.2. The Morgan fingerprint density at radius 3 is 2.85 bits per heavy atom. The number of rotatable bonds is 7. The van der Waals surface area contributed by atoms with Crippen molar-refractivity contribution in [3.63, 3.8) is 0 Å². The number of unbranched alkanes of at least 4 members (excludes halogenated alkanes) is 1. The predicted molar refractivity (Wildman–Crippen MR) is 75.7 cm³/mol. The van der Waals surface area contributed by atoms with Crippen molar-refractivity contribution < 1.29 is 9.66 Å². The summed E-state index contributed by atoms with van der Waals surface area (Å²) < 4.78 is 5.38. The number of nitrogens with two attached hydrogens (primary N) is 1. The number of hydrogen-bond acceptors (Lipinski definition) is 5. The minimum Gasteiger partial charge on any atom is -0.486 e. The molecular weight excluding hydrogens is 282 g/mol. The third kappa shape index (κ3) is 4.68. The van der Waals surface area contributed by atoms with E-state index in [1.54, 1.807) is 6.92 Å². The van der Waals surface area contributed by atoms with Gasteiger partial charge in [-0.05, 0) is 32.3 Å². The lowest BCUT2D eigenvalue weighted by molar-refractivity contribution is -0.385. The van der Waals surface area contributed by atoms with E-state index >= 15 is 0 Å². The van der Waals surface area contributed by atoms with Crippen molar-refractivity contribution in [2.45, 2.75) is 31.7 Å². The van der Waals surface area contributed by atoms with Crippen molar-refractivity contribution in [1.82, 2.24) is 0 Å². The van der Waals surface area contributed by atoms with Crippen LogP contribution in [0.2, 0.25) is 5.02 Å². The van der Waals surface area contributed by atoms with Gasteiger partial charge in [0.25, 0.3) is 0 Å². The Hall–Kier alpha value is -1.84. The van der Waals surface area contributed by atoms with Crippen molar-refractivity contribution in [3.8, 4) is 11.8 Å². The normalized spacial score (nSPS) is 13.3. The van der Waals surface area contributed by atoms with E-state index < -0.39 is 10.5 Å². The predicted octanol–water partition coefficient (Wildman–Crippen LogP) is 3.04. The third-order valence-electron chi connectivity index (χ3n) is 2.74. The Bertz CT molecular complexity index is 526. The van der Waals surface area contributed by atoms with Gasteiger partial charge in [0.2, 0.25) is 5.75 Å². The molecule has 1 unspecified atom stereocenters. The molecule has 20 heavy (non-hydrogen) atoms. The molecule has 1 aromatic carbocycles. The van der Waals surface area contributed by atoms with Crippen molar-refractivity contribution in [2.24, 2.45) is 5.73 Å². The molecule has 0 aromatic heterocycles. The number of benzene rings is 1. The molecule has 0 aliphatic heterocycles. The number of nitrogens with zero attached hydrogens (tertiary/aromatic N) is 2. The molecule has 0 spiro atoms. The van der Waals surface area contributed by atoms with Gasteiger partial charge in [0.05, 0.1) is 22.6 Å². The maximum absolute atomic E-state index is 10.8. The van der Waals surface area contributed by atoms with E-state index in [4.69, 9.17) is 27.3 Å². The fraction of sp³-hybridized carbons (Fsp3) is 0.462. The van der Waals surface area contributed by atoms with Gasteiger partial charge in [0, 0.05) is 6.07 Å². The van der Waals surface area contributed by atoms with Crippen molar-refractivity contribution in [3.05, 3.63) is 33.3 Å². The molecule has 0 aliphatic rings. The molecule has 7 heteroatoms. The number of hydrogen-bond donors (Lipinski definition) is 1. The van der Waals surface area contributed by atoms with Crippen LogP contribution in [0, 0.1) is 21.4 Å². The van der Waals surface area contributed by atoms with Gasteiger partial charge in [0.1, 0.15) is 5.54 Å². The fourth-order valence-corrected chi connectivity index (χ4v) is 1.83. The first-order valence-corrected chi connectivity index (χ1v) is 6.51. The van der Waals surface area contributed by atoms with Crippen LogP contribution in [-0.2, 0) is 0 Å². The van der Waals surface area contributed by atoms with E-state index in [0.717, 1.165) is 0 Å². The lowest BCUT2D eigenvalue weighted by atomic mass is 9.98. The summed E-state index contributed by atoms with van der Waals surface area (Å²) in [4.78, 5) is 10.3. The average molecular weight is 298 g/mol. The second-order valence-electron chi connectivity index (χ2n) is 4.68. The Balaban J connectivity index is 2.51. The summed E-state index contributed by atoms with van der Waals surface area (Å²) >= 11 is 5.89. The fourth-order valence-electron chi connectivity index (χ4n) is 1.61. The van der Waals surface area contributed by atoms with Crippen LogP contribution >= 0.6 is 11.6 Å². The summed E-state index contributed by atoms with van der Waals surface area (Å²) in [6.07, 6.45) is 1.87. The van der Waals surface area contributed by atoms with Crippen LogP contribution in [0.4, 0.5) is 5.69 Å². The number of ether oxygens (including phenoxy) is 1. The SMILES string of the molecule is CC(N)(C#N)CCCCOc1c(Cl)cccc1[N+](=O)[O-]. The van der Waals surface area contributed by atoms with Crippen LogP contribution in [0.3, 0.4) is 0 Å². The van der Waals surface area contributed by atoms with Gasteiger partial charge >= 0.3 is 5.69 Å². The monoisotopic (exact) mass is 297 g/mol. The molecule has 108 valence electrons. The zero-order valence-electron chi connectivity index (χ0n) is 11.1. The topological polar surface area (TPSA) is 102 Å². The average Bonchev–Trinajstić information content (AvgIpc) is 2.39. The third-order valence-corrected chi connectivity index (χ3v) is 3.03. The minimum atomic E-state index is -0.851. The van der Waals surface area contributed by atoms with E-state index in [1.165, 1.54) is 18.2 Å². The Morgan fingerprint density at radius 2 is 2.25 bits per heavy atom. The second-order valence-corrected chi connectivity index (χ2v) is 5.09. The molecule has 0 heterocycles. The second kappa shape index (κ2) is 7.08. The smallest absolute Gasteiger partial charge is 0.312 e. The van der Waals surface area contributed by atoms with Gasteiger partial charge in [-0.3, -0.25) is 10.1 Å². The number of para-hydroxylation sites is 1. The maximum atomic E-state index is 10.8. The molecular formula is C13H16ClN3O3. The highest BCUT2D eigenvalue weighted by Crippen LogP contribution is 2.34. The van der Waals surface area contributed by atoms with Crippen molar-refractivity contribution in [2.75, 3.05) is 6.61 Å². The summed E-state index contributed by atoms with van der Waals surface area (Å²) in [5.41, 5.74) is 4.68. The van der Waals surface area contributed by atoms with Gasteiger partial charge in [0.15, 0.2) is 0 Å². The highest BCUT2D eigenvalue weighted by Gasteiger charge is 2.19. The molecule has 0 bridgehead atoms. The van der Waals surface area contributed by atoms with E-state index in [0.29, 0.717) is 19.3 Å². The largest absolute Gasteiger partial charge is 0.486 e. The summed E-state index contributed by atoms with van der Waals surface area (Å²) in [6, 6.07) is 6.39. The lowest BCUT2D eigenvalue weighted by Crippen LogP contribution is -2.33. The molecule has 0 saturated heterocycles. The molecule has 1 rings (SSSR count). The van der Waals surface area contributed by atoms with E-state index in [-0.39, 0.29) is 23.1 Å². The number of nitriles is 1. The molecule has 0 aliphatic carbocycles. The van der Waals surface area contributed by atoms with E-state index in [9.17, 15) is 10.1 Å². The number of halogens is 1. The maximum Gasteiger partial charge on any atom is 0.312 e. The van der Waals surface area contributed by atoms with Crippen LogP contribution in [0.1, 0.15) is 26.2 Å². The highest BCUT2D eigenvalue weighted by molar-refractivity contribution is 6.32. The van der Waals surface area contributed by atoms with Crippen molar-refractivity contribution in [1.29, 1.82) is 5.26 Å². The van der Waals surface area contributed by atoms with E-state index in [1.807, 2.05) is 6.07 Å². The highest BCUT2D eigenvalue weighted by atomic mass is 35.5. The molecule has 0 amide bonds. The quantitative estimate of drug-likeness (QED) is 0.473. The Labute approximate surface area is 122 Å². The number of nitro benzene ring substituents is 1.